The van der Waals surface area contributed by atoms with Gasteiger partial charge < -0.3 is 0 Å². The number of pyridine rings is 1. The van der Waals surface area contributed by atoms with Crippen molar-refractivity contribution in [1.29, 1.82) is 5.26 Å². The van der Waals surface area contributed by atoms with Crippen molar-refractivity contribution in [3.63, 3.8) is 0 Å². The molecule has 0 amide bonds. The largest absolute Gasteiger partial charge is 0.277 e. The molecule has 0 aliphatic heterocycles. The van der Waals surface area contributed by atoms with Crippen molar-refractivity contribution in [2.24, 2.45) is 0 Å². The van der Waals surface area contributed by atoms with E-state index in [2.05, 4.69) is 21.3 Å². The van der Waals surface area contributed by atoms with Crippen molar-refractivity contribution in [2.75, 3.05) is 0 Å². The summed E-state index contributed by atoms with van der Waals surface area (Å²) in [5.74, 6) is -0.741. The number of hydrogen-bond donors (Lipinski definition) is 1. The Morgan fingerprint density at radius 1 is 1.14 bits per heavy atom. The lowest BCUT2D eigenvalue weighted by Crippen LogP contribution is -2.05. The lowest BCUT2D eigenvalue weighted by molar-refractivity contribution is 0.584. The number of nitriles is 1. The molecule has 4 rings (SSSR count). The first kappa shape index (κ1) is 18.1. The van der Waals surface area contributed by atoms with E-state index in [-0.39, 0.29) is 5.92 Å². The molecule has 1 N–H and O–H groups in total. The molecular formula is C22H16ClFN4. The van der Waals surface area contributed by atoms with Crippen LogP contribution in [0, 0.1) is 17.1 Å². The topological polar surface area (TPSA) is 65.4 Å². The molecule has 138 valence electrons. The average molecular weight is 391 g/mol. The van der Waals surface area contributed by atoms with E-state index in [1.165, 1.54) is 6.07 Å². The molecule has 6 heteroatoms. The van der Waals surface area contributed by atoms with Crippen LogP contribution in [0.5, 0.6) is 0 Å². The molecule has 0 fully saturated rings. The molecule has 1 atom stereocenters. The van der Waals surface area contributed by atoms with Gasteiger partial charge in [-0.25, -0.2) is 4.39 Å². The molecule has 0 aliphatic rings. The molecule has 2 aromatic heterocycles. The van der Waals surface area contributed by atoms with Gasteiger partial charge in [0.2, 0.25) is 0 Å². The second-order valence-electron chi connectivity index (χ2n) is 6.49. The number of aromatic amines is 1. The van der Waals surface area contributed by atoms with Crippen molar-refractivity contribution >= 4 is 22.5 Å². The number of nitrogens with one attached hydrogen (secondary N) is 1. The quantitative estimate of drug-likeness (QED) is 0.464. The SMILES string of the molecule is N#CCCC(c1ccc(Cl)cc1F)c1n[nH]c2c(-c3ccncc3)cccc12. The monoisotopic (exact) mass is 390 g/mol. The van der Waals surface area contributed by atoms with Crippen molar-refractivity contribution in [2.45, 2.75) is 18.8 Å². The number of para-hydroxylation sites is 1. The Morgan fingerprint density at radius 2 is 1.96 bits per heavy atom. The van der Waals surface area contributed by atoms with E-state index in [4.69, 9.17) is 16.9 Å². The number of nitrogens with zero attached hydrogens (tertiary/aromatic N) is 3. The Hall–Kier alpha value is -3.23. The second-order valence-corrected chi connectivity index (χ2v) is 6.92. The first-order valence-electron chi connectivity index (χ1n) is 8.88. The summed E-state index contributed by atoms with van der Waals surface area (Å²) < 4.78 is 14.7. The molecule has 2 heterocycles. The van der Waals surface area contributed by atoms with E-state index in [0.29, 0.717) is 23.4 Å². The van der Waals surface area contributed by atoms with E-state index in [1.54, 1.807) is 24.5 Å². The minimum absolute atomic E-state index is 0.297. The highest BCUT2D eigenvalue weighted by atomic mass is 35.5. The molecule has 28 heavy (non-hydrogen) atoms. The van der Waals surface area contributed by atoms with Crippen LogP contribution in [-0.2, 0) is 0 Å². The lowest BCUT2D eigenvalue weighted by Gasteiger charge is -2.16. The minimum atomic E-state index is -0.392. The summed E-state index contributed by atoms with van der Waals surface area (Å²) in [4.78, 5) is 4.07. The molecule has 0 saturated heterocycles. The molecular weight excluding hydrogens is 375 g/mol. The molecule has 1 unspecified atom stereocenters. The van der Waals surface area contributed by atoms with Crippen molar-refractivity contribution in [1.82, 2.24) is 15.2 Å². The maximum atomic E-state index is 14.7. The molecule has 0 bridgehead atoms. The van der Waals surface area contributed by atoms with Gasteiger partial charge in [0, 0.05) is 40.7 Å². The maximum absolute atomic E-state index is 14.7. The van der Waals surface area contributed by atoms with Crippen LogP contribution in [0.1, 0.15) is 30.0 Å². The van der Waals surface area contributed by atoms with E-state index in [9.17, 15) is 4.39 Å². The molecule has 0 spiro atoms. The van der Waals surface area contributed by atoms with Crippen LogP contribution in [0.2, 0.25) is 5.02 Å². The van der Waals surface area contributed by atoms with Crippen molar-refractivity contribution in [3.8, 4) is 17.2 Å². The zero-order valence-corrected chi connectivity index (χ0v) is 15.6. The Balaban J connectivity index is 1.87. The number of aromatic nitrogens is 3. The fraction of sp³-hybridized carbons (Fsp3) is 0.136. The van der Waals surface area contributed by atoms with E-state index in [1.807, 2.05) is 30.3 Å². The highest BCUT2D eigenvalue weighted by Gasteiger charge is 2.23. The predicted molar refractivity (Wildman–Crippen MR) is 107 cm³/mol. The zero-order chi connectivity index (χ0) is 19.5. The predicted octanol–water partition coefficient (Wildman–Crippen LogP) is 5.85. The molecule has 0 saturated carbocycles. The van der Waals surface area contributed by atoms with Crippen molar-refractivity contribution in [3.05, 3.63) is 83.0 Å². The number of H-pyrrole nitrogens is 1. The van der Waals surface area contributed by atoms with Gasteiger partial charge in [0.05, 0.1) is 17.3 Å². The highest BCUT2D eigenvalue weighted by Crippen LogP contribution is 2.37. The van der Waals surface area contributed by atoms with Crippen LogP contribution >= 0.6 is 11.6 Å². The van der Waals surface area contributed by atoms with Gasteiger partial charge in [0.25, 0.3) is 0 Å². The molecule has 2 aromatic carbocycles. The van der Waals surface area contributed by atoms with Gasteiger partial charge in [-0.05, 0) is 41.8 Å². The molecule has 0 aliphatic carbocycles. The Kier molecular flexibility index (Phi) is 5.05. The summed E-state index contributed by atoms with van der Waals surface area (Å²) in [7, 11) is 0. The van der Waals surface area contributed by atoms with E-state index in [0.717, 1.165) is 27.7 Å². The summed E-state index contributed by atoms with van der Waals surface area (Å²) in [5.41, 5.74) is 4.10. The number of fused-ring (bicyclic) bond motifs is 1. The van der Waals surface area contributed by atoms with Crippen molar-refractivity contribution < 1.29 is 4.39 Å². The zero-order valence-electron chi connectivity index (χ0n) is 14.9. The Labute approximate surface area is 166 Å². The minimum Gasteiger partial charge on any atom is -0.277 e. The standard InChI is InChI=1S/C22H16ClFN4/c23-15-6-7-17(20(24)13-15)18(5-2-10-25)22-19-4-1-3-16(21(19)27-28-22)14-8-11-26-12-9-14/h1,3-4,6-9,11-13,18H,2,5H2,(H,27,28). The van der Waals surface area contributed by atoms with Gasteiger partial charge in [-0.15, -0.1) is 0 Å². The number of benzene rings is 2. The molecule has 4 nitrogen and oxygen atoms in total. The second kappa shape index (κ2) is 7.79. The van der Waals surface area contributed by atoms with Crippen LogP contribution in [0.4, 0.5) is 4.39 Å². The number of hydrogen-bond acceptors (Lipinski definition) is 3. The van der Waals surface area contributed by atoms with E-state index >= 15 is 0 Å². The first-order valence-corrected chi connectivity index (χ1v) is 9.26. The smallest absolute Gasteiger partial charge is 0.128 e. The van der Waals surface area contributed by atoms with Gasteiger partial charge >= 0.3 is 0 Å². The first-order chi connectivity index (χ1) is 13.7. The van der Waals surface area contributed by atoms with Crippen LogP contribution in [0.15, 0.2) is 60.9 Å². The summed E-state index contributed by atoms with van der Waals surface area (Å²) >= 11 is 5.92. The van der Waals surface area contributed by atoms with Crippen LogP contribution in [-0.4, -0.2) is 15.2 Å². The summed E-state index contributed by atoms with van der Waals surface area (Å²) in [6.07, 6.45) is 4.24. The Morgan fingerprint density at radius 3 is 2.71 bits per heavy atom. The normalized spacial score (nSPS) is 12.0. The summed E-state index contributed by atoms with van der Waals surface area (Å²) in [6, 6.07) is 16.6. The van der Waals surface area contributed by atoms with Crippen LogP contribution < -0.4 is 0 Å². The Bertz CT molecular complexity index is 1160. The fourth-order valence-electron chi connectivity index (χ4n) is 3.53. The van der Waals surface area contributed by atoms with Crippen LogP contribution in [0.3, 0.4) is 0 Å². The van der Waals surface area contributed by atoms with Gasteiger partial charge in [-0.1, -0.05) is 35.9 Å². The van der Waals surface area contributed by atoms with E-state index < -0.39 is 5.82 Å². The molecule has 4 aromatic rings. The maximum Gasteiger partial charge on any atom is 0.128 e. The number of halogens is 2. The third-order valence-corrected chi connectivity index (χ3v) is 5.07. The third-order valence-electron chi connectivity index (χ3n) is 4.83. The third kappa shape index (κ3) is 3.35. The average Bonchev–Trinajstić information content (AvgIpc) is 3.14. The fourth-order valence-corrected chi connectivity index (χ4v) is 3.69. The van der Waals surface area contributed by atoms with Gasteiger partial charge in [0.1, 0.15) is 5.82 Å². The lowest BCUT2D eigenvalue weighted by atomic mass is 9.88. The highest BCUT2D eigenvalue weighted by molar-refractivity contribution is 6.30. The molecule has 0 radical (unpaired) electrons. The van der Waals surface area contributed by atoms with Gasteiger partial charge in [-0.2, -0.15) is 10.4 Å². The summed E-state index contributed by atoms with van der Waals surface area (Å²) in [5, 5.41) is 18.0. The van der Waals surface area contributed by atoms with Gasteiger partial charge in [0.15, 0.2) is 0 Å². The number of rotatable bonds is 5. The van der Waals surface area contributed by atoms with Gasteiger partial charge in [-0.3, -0.25) is 10.1 Å². The van der Waals surface area contributed by atoms with Crippen LogP contribution in [0.25, 0.3) is 22.0 Å². The summed E-state index contributed by atoms with van der Waals surface area (Å²) in [6.45, 7) is 0.